The summed E-state index contributed by atoms with van der Waals surface area (Å²) >= 11 is 0. The minimum Gasteiger partial charge on any atom is -0.462 e. The molecule has 0 fully saturated rings. The summed E-state index contributed by atoms with van der Waals surface area (Å²) in [6.07, 6.45) is -1.55. The minimum absolute atomic E-state index is 0.666. The molecule has 0 spiro atoms. The van der Waals surface area contributed by atoms with Gasteiger partial charge in [0.25, 0.3) is 0 Å². The Bertz CT molecular complexity index is 456. The van der Waals surface area contributed by atoms with Gasteiger partial charge in [0, 0.05) is 7.11 Å². The molecule has 0 saturated carbocycles. The molecule has 2 atom stereocenters. The minimum atomic E-state index is -0.823. The zero-order valence-corrected chi connectivity index (χ0v) is 10.2. The monoisotopic (exact) mass is 244 g/mol. The Kier molecular flexibility index (Phi) is 4.34. The van der Waals surface area contributed by atoms with E-state index in [0.717, 1.165) is 5.56 Å². The molecule has 0 radical (unpaired) electrons. The first-order valence-corrected chi connectivity index (χ1v) is 5.79. The van der Waals surface area contributed by atoms with Gasteiger partial charge in [-0.1, -0.05) is 48.5 Å². The number of hydrogen-bond acceptors (Lipinski definition) is 3. The van der Waals surface area contributed by atoms with E-state index in [1.807, 2.05) is 60.7 Å². The van der Waals surface area contributed by atoms with Gasteiger partial charge in [0.2, 0.25) is 6.29 Å². The third kappa shape index (κ3) is 3.09. The molecule has 94 valence electrons. The fourth-order valence-corrected chi connectivity index (χ4v) is 1.68. The highest BCUT2D eigenvalue weighted by Crippen LogP contribution is 2.22. The number of aliphatic hydroxyl groups is 1. The molecule has 18 heavy (non-hydrogen) atoms. The number of aliphatic hydroxyl groups excluding tert-OH is 1. The average Bonchev–Trinajstić information content (AvgIpc) is 2.46. The van der Waals surface area contributed by atoms with E-state index in [1.54, 1.807) is 0 Å². The van der Waals surface area contributed by atoms with Crippen molar-refractivity contribution < 1.29 is 14.6 Å². The van der Waals surface area contributed by atoms with Gasteiger partial charge in [0.15, 0.2) is 0 Å². The Morgan fingerprint density at radius 2 is 1.44 bits per heavy atom. The molecule has 3 nitrogen and oxygen atoms in total. The number of benzene rings is 2. The van der Waals surface area contributed by atoms with Gasteiger partial charge in [0.1, 0.15) is 11.9 Å². The third-order valence-electron chi connectivity index (χ3n) is 2.63. The van der Waals surface area contributed by atoms with E-state index in [-0.39, 0.29) is 0 Å². The predicted octanol–water partition coefficient (Wildman–Crippen LogP) is 2.77. The Morgan fingerprint density at radius 3 is 2.00 bits per heavy atom. The average molecular weight is 244 g/mol. The first-order valence-electron chi connectivity index (χ1n) is 5.79. The van der Waals surface area contributed by atoms with Crippen molar-refractivity contribution in [1.82, 2.24) is 0 Å². The standard InChI is InChI=1S/C15H16O3/c1-17-15(18-13-10-6-3-7-11-13)14(16)12-8-4-2-5-9-12/h2-11,14-16H,1H3. The fraction of sp³-hybridized carbons (Fsp3) is 0.200. The highest BCUT2D eigenvalue weighted by atomic mass is 16.7. The SMILES string of the molecule is COC(Oc1ccccc1)C(O)c1ccccc1. The van der Waals surface area contributed by atoms with Crippen LogP contribution in [0.4, 0.5) is 0 Å². The van der Waals surface area contributed by atoms with Crippen LogP contribution in [-0.4, -0.2) is 18.5 Å². The highest BCUT2D eigenvalue weighted by molar-refractivity contribution is 5.22. The van der Waals surface area contributed by atoms with Gasteiger partial charge >= 0.3 is 0 Å². The first-order chi connectivity index (χ1) is 8.81. The zero-order valence-electron chi connectivity index (χ0n) is 10.2. The summed E-state index contributed by atoms with van der Waals surface area (Å²) in [6.45, 7) is 0. The summed E-state index contributed by atoms with van der Waals surface area (Å²) in [4.78, 5) is 0. The van der Waals surface area contributed by atoms with Crippen molar-refractivity contribution in [2.45, 2.75) is 12.4 Å². The summed E-state index contributed by atoms with van der Waals surface area (Å²) in [6, 6.07) is 18.6. The van der Waals surface area contributed by atoms with Crippen LogP contribution >= 0.6 is 0 Å². The van der Waals surface area contributed by atoms with E-state index >= 15 is 0 Å². The second kappa shape index (κ2) is 6.19. The second-order valence-corrected chi connectivity index (χ2v) is 3.89. The van der Waals surface area contributed by atoms with Crippen LogP contribution in [0.15, 0.2) is 60.7 Å². The van der Waals surface area contributed by atoms with Crippen LogP contribution in [0.2, 0.25) is 0 Å². The molecule has 1 N–H and O–H groups in total. The van der Waals surface area contributed by atoms with Crippen LogP contribution in [0.1, 0.15) is 11.7 Å². The molecule has 2 unspecified atom stereocenters. The van der Waals surface area contributed by atoms with Gasteiger partial charge < -0.3 is 14.6 Å². The first kappa shape index (κ1) is 12.6. The molecule has 0 heterocycles. The smallest absolute Gasteiger partial charge is 0.230 e. The lowest BCUT2D eigenvalue weighted by Gasteiger charge is -2.22. The van der Waals surface area contributed by atoms with Gasteiger partial charge in [-0.3, -0.25) is 0 Å². The van der Waals surface area contributed by atoms with Gasteiger partial charge in [-0.05, 0) is 17.7 Å². The summed E-state index contributed by atoms with van der Waals surface area (Å²) < 4.78 is 10.8. The van der Waals surface area contributed by atoms with Crippen molar-refractivity contribution in [3.8, 4) is 5.75 Å². The lowest BCUT2D eigenvalue weighted by Crippen LogP contribution is -2.27. The van der Waals surface area contributed by atoms with Crippen LogP contribution in [0.3, 0.4) is 0 Å². The molecule has 0 amide bonds. The van der Waals surface area contributed by atoms with Crippen molar-refractivity contribution in [1.29, 1.82) is 0 Å². The highest BCUT2D eigenvalue weighted by Gasteiger charge is 2.22. The van der Waals surface area contributed by atoms with Crippen LogP contribution in [0.25, 0.3) is 0 Å². The molecule has 0 bridgehead atoms. The number of ether oxygens (including phenoxy) is 2. The molecule has 3 heteroatoms. The Morgan fingerprint density at radius 1 is 0.889 bits per heavy atom. The number of rotatable bonds is 5. The summed E-state index contributed by atoms with van der Waals surface area (Å²) in [7, 11) is 1.51. The van der Waals surface area contributed by atoms with E-state index in [1.165, 1.54) is 7.11 Å². The Hall–Kier alpha value is -1.84. The number of methoxy groups -OCH3 is 1. The Balaban J connectivity index is 2.09. The van der Waals surface area contributed by atoms with Gasteiger partial charge in [-0.15, -0.1) is 0 Å². The normalized spacial score (nSPS) is 13.9. The molecule has 0 aromatic heterocycles. The molecule has 2 rings (SSSR count). The Labute approximate surface area is 107 Å². The second-order valence-electron chi connectivity index (χ2n) is 3.89. The summed E-state index contributed by atoms with van der Waals surface area (Å²) in [5, 5.41) is 10.2. The molecule has 0 aliphatic carbocycles. The van der Waals surface area contributed by atoms with Crippen molar-refractivity contribution in [3.05, 3.63) is 66.2 Å². The van der Waals surface area contributed by atoms with Crippen molar-refractivity contribution >= 4 is 0 Å². The van der Waals surface area contributed by atoms with E-state index in [2.05, 4.69) is 0 Å². The third-order valence-corrected chi connectivity index (χ3v) is 2.63. The van der Waals surface area contributed by atoms with Crippen LogP contribution in [0.5, 0.6) is 5.75 Å². The number of para-hydroxylation sites is 1. The predicted molar refractivity (Wildman–Crippen MR) is 69.3 cm³/mol. The van der Waals surface area contributed by atoms with E-state index in [4.69, 9.17) is 9.47 Å². The number of hydrogen-bond donors (Lipinski definition) is 1. The maximum Gasteiger partial charge on any atom is 0.230 e. The van der Waals surface area contributed by atoms with E-state index < -0.39 is 12.4 Å². The fourth-order valence-electron chi connectivity index (χ4n) is 1.68. The maximum atomic E-state index is 10.2. The van der Waals surface area contributed by atoms with Crippen LogP contribution in [0, 0.1) is 0 Å². The lowest BCUT2D eigenvalue weighted by atomic mass is 10.1. The van der Waals surface area contributed by atoms with Gasteiger partial charge in [0.05, 0.1) is 0 Å². The van der Waals surface area contributed by atoms with Crippen LogP contribution in [-0.2, 0) is 4.74 Å². The molecule has 0 aliphatic rings. The topological polar surface area (TPSA) is 38.7 Å². The molecular formula is C15H16O3. The van der Waals surface area contributed by atoms with Gasteiger partial charge in [-0.2, -0.15) is 0 Å². The van der Waals surface area contributed by atoms with Crippen molar-refractivity contribution in [2.75, 3.05) is 7.11 Å². The molecular weight excluding hydrogens is 228 g/mol. The molecule has 0 aliphatic heterocycles. The van der Waals surface area contributed by atoms with E-state index in [0.29, 0.717) is 5.75 Å². The van der Waals surface area contributed by atoms with Crippen LogP contribution < -0.4 is 4.74 Å². The van der Waals surface area contributed by atoms with Crippen molar-refractivity contribution in [3.63, 3.8) is 0 Å². The summed E-state index contributed by atoms with van der Waals surface area (Å²) in [5.74, 6) is 0.666. The summed E-state index contributed by atoms with van der Waals surface area (Å²) in [5.41, 5.74) is 0.764. The maximum absolute atomic E-state index is 10.2. The molecule has 2 aromatic carbocycles. The van der Waals surface area contributed by atoms with Gasteiger partial charge in [-0.25, -0.2) is 0 Å². The quantitative estimate of drug-likeness (QED) is 0.822. The zero-order chi connectivity index (χ0) is 12.8. The molecule has 0 saturated heterocycles. The molecule has 2 aromatic rings. The van der Waals surface area contributed by atoms with E-state index in [9.17, 15) is 5.11 Å². The lowest BCUT2D eigenvalue weighted by molar-refractivity contribution is -0.129. The van der Waals surface area contributed by atoms with Crippen molar-refractivity contribution in [2.24, 2.45) is 0 Å². The largest absolute Gasteiger partial charge is 0.462 e.